The highest BCUT2D eigenvalue weighted by atomic mass is 32.1. The van der Waals surface area contributed by atoms with Crippen molar-refractivity contribution in [3.05, 3.63) is 235 Å². The first-order chi connectivity index (χ1) is 35.6. The van der Waals surface area contributed by atoms with Gasteiger partial charge >= 0.3 is 0 Å². The minimum Gasteiger partial charge on any atom is -0.454 e. The molecule has 342 valence electrons. The van der Waals surface area contributed by atoms with Gasteiger partial charge in [0.1, 0.15) is 11.7 Å². The summed E-state index contributed by atoms with van der Waals surface area (Å²) in [6, 6.07) is 80.4. The fourth-order valence-corrected chi connectivity index (χ4v) is 13.1. The van der Waals surface area contributed by atoms with Crippen molar-refractivity contribution in [3.63, 3.8) is 0 Å². The Bertz CT molecular complexity index is 4520. The van der Waals surface area contributed by atoms with Crippen LogP contribution in [-0.4, -0.2) is 10.3 Å². The number of thiophene rings is 1. The quantitative estimate of drug-likeness (QED) is 0.187. The van der Waals surface area contributed by atoms with Crippen molar-refractivity contribution in [2.45, 2.75) is 32.0 Å². The summed E-state index contributed by atoms with van der Waals surface area (Å²) in [6.07, 6.45) is 1.44. The Morgan fingerprint density at radius 2 is 1.17 bits per heavy atom. The van der Waals surface area contributed by atoms with Crippen LogP contribution in [0.15, 0.2) is 228 Å². The van der Waals surface area contributed by atoms with Crippen LogP contribution in [-0.2, 0) is 0 Å². The highest BCUT2D eigenvalue weighted by Gasteiger charge is 2.29. The van der Waals surface area contributed by atoms with Crippen LogP contribution in [0.1, 0.15) is 48.7 Å². The largest absolute Gasteiger partial charge is 0.454 e. The number of nitrogens with zero attached hydrogens (tertiary/aromatic N) is 2. The van der Waals surface area contributed by atoms with Gasteiger partial charge in [0.15, 0.2) is 5.58 Å². The van der Waals surface area contributed by atoms with Crippen molar-refractivity contribution in [1.82, 2.24) is 9.88 Å². The van der Waals surface area contributed by atoms with E-state index in [1.165, 1.54) is 85.5 Å². The molecule has 0 aliphatic carbocycles. The van der Waals surface area contributed by atoms with E-state index in [9.17, 15) is 0 Å². The van der Waals surface area contributed by atoms with Crippen LogP contribution in [0.5, 0.6) is 0 Å². The van der Waals surface area contributed by atoms with Gasteiger partial charge in [0.05, 0.1) is 16.7 Å². The third-order valence-corrected chi connectivity index (χ3v) is 16.8. The lowest BCUT2D eigenvalue weighted by Crippen LogP contribution is -2.33. The van der Waals surface area contributed by atoms with Gasteiger partial charge in [-0.15, -0.1) is 11.3 Å². The van der Waals surface area contributed by atoms with Gasteiger partial charge in [-0.05, 0) is 122 Å². The van der Waals surface area contributed by atoms with Crippen LogP contribution < -0.4 is 5.32 Å². The van der Waals surface area contributed by atoms with Gasteiger partial charge in [0.2, 0.25) is 0 Å². The van der Waals surface area contributed by atoms with E-state index in [1.54, 1.807) is 0 Å². The Morgan fingerprint density at radius 3 is 2.00 bits per heavy atom. The molecule has 15 rings (SSSR count). The van der Waals surface area contributed by atoms with Gasteiger partial charge in [0.25, 0.3) is 0 Å². The highest BCUT2D eigenvalue weighted by Crippen LogP contribution is 2.45. The van der Waals surface area contributed by atoms with Crippen LogP contribution in [0.4, 0.5) is 0 Å². The predicted molar refractivity (Wildman–Crippen MR) is 305 cm³/mol. The maximum atomic E-state index is 7.20. The predicted octanol–water partition coefficient (Wildman–Crippen LogP) is 18.4. The lowest BCUT2D eigenvalue weighted by atomic mass is 9.86. The number of furan rings is 1. The minimum atomic E-state index is -0.325. The molecule has 72 heavy (non-hydrogen) atoms. The van der Waals surface area contributed by atoms with Gasteiger partial charge in [0, 0.05) is 58.9 Å². The summed E-state index contributed by atoms with van der Waals surface area (Å²) in [4.78, 5) is 5.96. The first-order valence-electron chi connectivity index (χ1n) is 25.2. The molecule has 5 heteroatoms. The smallest absolute Gasteiger partial charge is 0.159 e. The van der Waals surface area contributed by atoms with Crippen molar-refractivity contribution in [3.8, 4) is 16.8 Å². The van der Waals surface area contributed by atoms with Crippen molar-refractivity contribution in [1.29, 1.82) is 0 Å². The minimum absolute atomic E-state index is 0.0722. The van der Waals surface area contributed by atoms with E-state index < -0.39 is 0 Å². The molecule has 3 atom stereocenters. The zero-order chi connectivity index (χ0) is 47.4. The molecule has 4 nitrogen and oxygen atoms in total. The molecule has 1 N–H and O–H groups in total. The van der Waals surface area contributed by atoms with Crippen molar-refractivity contribution in [2.24, 2.45) is 10.9 Å². The third-order valence-electron chi connectivity index (χ3n) is 15.7. The van der Waals surface area contributed by atoms with E-state index in [0.29, 0.717) is 5.92 Å². The first kappa shape index (κ1) is 41.4. The molecular weight excluding hydrogens is 895 g/mol. The number of nitrogens with one attached hydrogen (secondary N) is 1. The number of rotatable bonds is 5. The van der Waals surface area contributed by atoms with E-state index in [4.69, 9.17) is 9.41 Å². The second kappa shape index (κ2) is 16.4. The van der Waals surface area contributed by atoms with Crippen LogP contribution in [0, 0.1) is 5.92 Å². The summed E-state index contributed by atoms with van der Waals surface area (Å²) >= 11 is 1.86. The van der Waals surface area contributed by atoms with E-state index in [0.717, 1.165) is 62.8 Å². The van der Waals surface area contributed by atoms with Crippen LogP contribution in [0.3, 0.4) is 0 Å². The van der Waals surface area contributed by atoms with E-state index >= 15 is 0 Å². The summed E-state index contributed by atoms with van der Waals surface area (Å²) in [7, 11) is 0. The molecule has 3 aromatic heterocycles. The molecule has 4 heterocycles. The SMILES string of the molecule is CC1CC/C(c2cc(-n3c4cc5ccccc5cc4c4ccc5ccccc5c43)c3oc4ccc5ccccc5c4c3c2)=N\C(c2ccc3sc4ccccc4c3c2)NC1c1ccc(-c2ccccc2)cc1. The van der Waals surface area contributed by atoms with Crippen LogP contribution in [0.25, 0.3) is 113 Å². The van der Waals surface area contributed by atoms with Gasteiger partial charge in [-0.3, -0.25) is 10.3 Å². The molecule has 3 unspecified atom stereocenters. The second-order valence-corrected chi connectivity index (χ2v) is 20.9. The van der Waals surface area contributed by atoms with Crippen molar-refractivity contribution in [2.75, 3.05) is 0 Å². The molecule has 0 radical (unpaired) electrons. The second-order valence-electron chi connectivity index (χ2n) is 19.8. The topological polar surface area (TPSA) is 42.5 Å². The molecule has 1 aliphatic rings. The summed E-state index contributed by atoms with van der Waals surface area (Å²) in [5.74, 6) is 0.296. The Balaban J connectivity index is 0.992. The molecule has 14 aromatic rings. The van der Waals surface area contributed by atoms with Crippen molar-refractivity contribution < 1.29 is 4.42 Å². The fourth-order valence-electron chi connectivity index (χ4n) is 12.0. The molecule has 0 saturated carbocycles. The highest BCUT2D eigenvalue weighted by molar-refractivity contribution is 7.25. The number of aromatic nitrogens is 1. The lowest BCUT2D eigenvalue weighted by Gasteiger charge is -2.32. The van der Waals surface area contributed by atoms with E-state index in [1.807, 2.05) is 11.3 Å². The van der Waals surface area contributed by atoms with Gasteiger partial charge in [-0.25, -0.2) is 0 Å². The maximum absolute atomic E-state index is 7.20. The van der Waals surface area contributed by atoms with Crippen LogP contribution >= 0.6 is 11.3 Å². The summed E-state index contributed by atoms with van der Waals surface area (Å²) in [6.45, 7) is 2.41. The monoisotopic (exact) mass is 941 g/mol. The fraction of sp³-hybridized carbons (Fsp3) is 0.0896. The molecule has 0 spiro atoms. The third kappa shape index (κ3) is 6.58. The molecule has 0 saturated heterocycles. The molecule has 11 aromatic carbocycles. The number of aliphatic imine (C=N–C) groups is 1. The van der Waals surface area contributed by atoms with Gasteiger partial charge < -0.3 is 8.98 Å². The summed E-state index contributed by atoms with van der Waals surface area (Å²) in [5, 5.41) is 18.6. The standard InChI is InChI=1S/C67H47N3OS/c1-40-23-32-57(68-67(48-30-34-62-55(36-48)52-21-11-12-22-61(52)72-62)69-64(40)45-26-24-42(25-27-45)41-13-3-2-4-14-41)49-37-56-63-50-19-9-7-15-43(50)29-33-60(63)71-66(56)59(39-49)70-58-38-47-18-6-5-17-46(47)35-54(58)53-31-28-44-16-8-10-20-51(44)65(53)70/h2-22,24-31,33-40,64,67,69H,23,32H2,1H3/b68-57+. The zero-order valence-electron chi connectivity index (χ0n) is 39.6. The van der Waals surface area contributed by atoms with Crippen molar-refractivity contribution >= 4 is 113 Å². The molecule has 0 amide bonds. The Kier molecular flexibility index (Phi) is 9.41. The molecule has 1 aliphatic heterocycles. The number of fused-ring (bicyclic) bond motifs is 14. The van der Waals surface area contributed by atoms with E-state index in [-0.39, 0.29) is 12.2 Å². The average molecular weight is 942 g/mol. The Labute approximate surface area is 420 Å². The molecule has 0 fully saturated rings. The lowest BCUT2D eigenvalue weighted by molar-refractivity contribution is 0.328. The number of hydrogen-bond donors (Lipinski definition) is 1. The van der Waals surface area contributed by atoms with Gasteiger partial charge in [-0.2, -0.15) is 0 Å². The average Bonchev–Trinajstić information content (AvgIpc) is 4.11. The maximum Gasteiger partial charge on any atom is 0.159 e. The van der Waals surface area contributed by atoms with Crippen LogP contribution in [0.2, 0.25) is 0 Å². The van der Waals surface area contributed by atoms with Gasteiger partial charge in [-0.1, -0.05) is 177 Å². The molecule has 0 bridgehead atoms. The Morgan fingerprint density at radius 1 is 0.500 bits per heavy atom. The zero-order valence-corrected chi connectivity index (χ0v) is 40.5. The summed E-state index contributed by atoms with van der Waals surface area (Å²) < 4.78 is 12.3. The first-order valence-corrected chi connectivity index (χ1v) is 26.0. The molecular formula is C67H47N3OS. The Hall–Kier alpha value is -8.35. The number of benzene rings is 11. The summed E-state index contributed by atoms with van der Waals surface area (Å²) in [5.41, 5.74) is 12.2. The van der Waals surface area contributed by atoms with E-state index in [2.05, 4.69) is 235 Å². The normalized spacial score (nSPS) is 17.5. The number of hydrogen-bond acceptors (Lipinski definition) is 4.